The molecule has 0 aliphatic carbocycles. The summed E-state index contributed by atoms with van der Waals surface area (Å²) in [5.41, 5.74) is 5.75. The Kier molecular flexibility index (Phi) is 5.07. The first-order valence-electron chi connectivity index (χ1n) is 11.5. The molecule has 4 aromatic rings. The molecular formula is C26H30N6O. The fourth-order valence-electron chi connectivity index (χ4n) is 5.03. The fraction of sp³-hybridized carbons (Fsp3) is 0.385. The molecule has 0 saturated carbocycles. The maximum atomic E-state index is 13.6. The monoisotopic (exact) mass is 442 g/mol. The van der Waals surface area contributed by atoms with Crippen molar-refractivity contribution in [3.8, 4) is 0 Å². The number of aryl methyl sites for hydroxylation is 3. The van der Waals surface area contributed by atoms with Crippen LogP contribution >= 0.6 is 0 Å². The minimum absolute atomic E-state index is 0.106. The molecule has 1 aliphatic heterocycles. The average molecular weight is 443 g/mol. The van der Waals surface area contributed by atoms with Crippen LogP contribution in [0.3, 0.4) is 0 Å². The van der Waals surface area contributed by atoms with Gasteiger partial charge in [0.15, 0.2) is 5.82 Å². The quantitative estimate of drug-likeness (QED) is 0.508. The van der Waals surface area contributed by atoms with Crippen LogP contribution in [0.25, 0.3) is 10.9 Å². The summed E-state index contributed by atoms with van der Waals surface area (Å²) < 4.78 is 1.85. The molecule has 1 N–H and O–H groups in total. The third kappa shape index (κ3) is 3.71. The summed E-state index contributed by atoms with van der Waals surface area (Å²) >= 11 is 0. The second kappa shape index (κ2) is 7.83. The van der Waals surface area contributed by atoms with Crippen LogP contribution in [0.1, 0.15) is 61.3 Å². The van der Waals surface area contributed by atoms with Gasteiger partial charge < -0.3 is 9.88 Å². The van der Waals surface area contributed by atoms with Gasteiger partial charge in [-0.25, -0.2) is 4.68 Å². The van der Waals surface area contributed by atoms with E-state index < -0.39 is 6.04 Å². The summed E-state index contributed by atoms with van der Waals surface area (Å²) in [6, 6.07) is 14.3. The zero-order valence-corrected chi connectivity index (χ0v) is 19.9. The van der Waals surface area contributed by atoms with Crippen LogP contribution in [0.4, 0.5) is 5.69 Å². The highest BCUT2D eigenvalue weighted by atomic mass is 16.1. The maximum absolute atomic E-state index is 13.6. The van der Waals surface area contributed by atoms with Crippen molar-refractivity contribution >= 4 is 16.6 Å². The summed E-state index contributed by atoms with van der Waals surface area (Å²) in [6.45, 7) is 11.2. The lowest BCUT2D eigenvalue weighted by atomic mass is 9.95. The van der Waals surface area contributed by atoms with Gasteiger partial charge in [-0.15, -0.1) is 5.10 Å². The van der Waals surface area contributed by atoms with Crippen LogP contribution in [-0.4, -0.2) is 31.7 Å². The standard InChI is InChI=1S/C26H30N6O/c1-16-13-17(2)22-19(14-16)15-20(25(33)27-22)23(24-28-29-30-32(24)26(3,4)5)31-12-8-10-18-9-6-7-11-21(18)31/h6-7,9,11,13-15,23H,8,10,12H2,1-5H3,(H,27,33). The Labute approximate surface area is 193 Å². The number of aromatic nitrogens is 5. The molecule has 0 spiro atoms. The van der Waals surface area contributed by atoms with Crippen molar-refractivity contribution in [2.75, 3.05) is 11.4 Å². The van der Waals surface area contributed by atoms with Crippen molar-refractivity contribution in [2.45, 2.75) is 59.0 Å². The number of tetrazole rings is 1. The van der Waals surface area contributed by atoms with E-state index in [-0.39, 0.29) is 11.1 Å². The molecule has 33 heavy (non-hydrogen) atoms. The van der Waals surface area contributed by atoms with Gasteiger partial charge in [-0.1, -0.05) is 29.8 Å². The summed E-state index contributed by atoms with van der Waals surface area (Å²) in [5.74, 6) is 0.674. The van der Waals surface area contributed by atoms with Gasteiger partial charge >= 0.3 is 0 Å². The van der Waals surface area contributed by atoms with Gasteiger partial charge in [0.25, 0.3) is 5.56 Å². The highest BCUT2D eigenvalue weighted by Crippen LogP contribution is 2.37. The number of nitrogens with zero attached hydrogens (tertiary/aromatic N) is 5. The lowest BCUT2D eigenvalue weighted by Crippen LogP contribution is -2.40. The lowest BCUT2D eigenvalue weighted by molar-refractivity contribution is 0.329. The van der Waals surface area contributed by atoms with Gasteiger partial charge in [0.1, 0.15) is 6.04 Å². The molecule has 3 heterocycles. The van der Waals surface area contributed by atoms with Crippen molar-refractivity contribution in [3.63, 3.8) is 0 Å². The molecule has 0 bridgehead atoms. The smallest absolute Gasteiger partial charge is 0.254 e. The Hall–Kier alpha value is -3.48. The van der Waals surface area contributed by atoms with Gasteiger partial charge in [0.2, 0.25) is 0 Å². The SMILES string of the molecule is Cc1cc(C)c2[nH]c(=O)c(C(c3nnnn3C(C)(C)C)N3CCCc4ccccc43)cc2c1. The number of benzene rings is 2. The van der Waals surface area contributed by atoms with E-state index in [1.807, 2.05) is 17.7 Å². The number of pyridine rings is 1. The number of hydrogen-bond acceptors (Lipinski definition) is 5. The number of anilines is 1. The van der Waals surface area contributed by atoms with Crippen LogP contribution in [0.5, 0.6) is 0 Å². The Balaban J connectivity index is 1.79. The first-order valence-corrected chi connectivity index (χ1v) is 11.5. The number of aromatic amines is 1. The molecule has 7 nitrogen and oxygen atoms in total. The Morgan fingerprint density at radius 2 is 1.88 bits per heavy atom. The van der Waals surface area contributed by atoms with Crippen molar-refractivity contribution in [1.29, 1.82) is 0 Å². The van der Waals surface area contributed by atoms with Gasteiger partial charge in [-0.3, -0.25) is 4.79 Å². The van der Waals surface area contributed by atoms with E-state index in [0.717, 1.165) is 47.1 Å². The van der Waals surface area contributed by atoms with E-state index >= 15 is 0 Å². The number of fused-ring (bicyclic) bond motifs is 2. The van der Waals surface area contributed by atoms with E-state index in [9.17, 15) is 4.79 Å². The molecule has 7 heteroatoms. The molecule has 1 aliphatic rings. The highest BCUT2D eigenvalue weighted by molar-refractivity contribution is 5.83. The molecule has 0 saturated heterocycles. The second-order valence-electron chi connectivity index (χ2n) is 10.0. The molecule has 2 aromatic carbocycles. The molecule has 170 valence electrons. The third-order valence-corrected chi connectivity index (χ3v) is 6.45. The van der Waals surface area contributed by atoms with E-state index in [0.29, 0.717) is 11.4 Å². The van der Waals surface area contributed by atoms with Crippen LogP contribution < -0.4 is 10.5 Å². The third-order valence-electron chi connectivity index (χ3n) is 6.45. The molecule has 0 amide bonds. The fourth-order valence-corrected chi connectivity index (χ4v) is 5.03. The van der Waals surface area contributed by atoms with Crippen LogP contribution in [0, 0.1) is 13.8 Å². The first-order chi connectivity index (χ1) is 15.7. The molecule has 5 rings (SSSR count). The predicted molar refractivity (Wildman–Crippen MR) is 131 cm³/mol. The lowest BCUT2D eigenvalue weighted by Gasteiger charge is -2.38. The number of H-pyrrole nitrogens is 1. The van der Waals surface area contributed by atoms with Gasteiger partial charge in [-0.2, -0.15) is 0 Å². The molecule has 0 fully saturated rings. The summed E-state index contributed by atoms with van der Waals surface area (Å²) in [4.78, 5) is 19.0. The Bertz CT molecular complexity index is 1390. The van der Waals surface area contributed by atoms with E-state index in [4.69, 9.17) is 0 Å². The topological polar surface area (TPSA) is 79.7 Å². The van der Waals surface area contributed by atoms with E-state index in [1.54, 1.807) is 0 Å². The largest absolute Gasteiger partial charge is 0.357 e. The minimum Gasteiger partial charge on any atom is -0.357 e. The van der Waals surface area contributed by atoms with Gasteiger partial charge in [0.05, 0.1) is 11.1 Å². The number of nitrogens with one attached hydrogen (secondary N) is 1. The number of hydrogen-bond donors (Lipinski definition) is 1. The minimum atomic E-state index is -0.408. The summed E-state index contributed by atoms with van der Waals surface area (Å²) in [7, 11) is 0. The van der Waals surface area contributed by atoms with Crippen molar-refractivity contribution in [2.24, 2.45) is 0 Å². The highest BCUT2D eigenvalue weighted by Gasteiger charge is 2.35. The maximum Gasteiger partial charge on any atom is 0.254 e. The first kappa shape index (κ1) is 21.4. The van der Waals surface area contributed by atoms with Crippen LogP contribution in [0.2, 0.25) is 0 Å². The Morgan fingerprint density at radius 3 is 2.67 bits per heavy atom. The van der Waals surface area contributed by atoms with Crippen LogP contribution in [-0.2, 0) is 12.0 Å². The zero-order chi connectivity index (χ0) is 23.3. The zero-order valence-electron chi connectivity index (χ0n) is 19.9. The van der Waals surface area contributed by atoms with E-state index in [1.165, 1.54) is 5.56 Å². The number of rotatable bonds is 3. The van der Waals surface area contributed by atoms with Gasteiger partial charge in [0, 0.05) is 17.8 Å². The molecule has 2 aromatic heterocycles. The predicted octanol–water partition coefficient (Wildman–Crippen LogP) is 4.43. The molecular weight excluding hydrogens is 412 g/mol. The van der Waals surface area contributed by atoms with Crippen LogP contribution in [0.15, 0.2) is 47.3 Å². The Morgan fingerprint density at radius 1 is 1.09 bits per heavy atom. The second-order valence-corrected chi connectivity index (χ2v) is 10.0. The van der Waals surface area contributed by atoms with Gasteiger partial charge in [-0.05, 0) is 92.6 Å². The van der Waals surface area contributed by atoms with E-state index in [2.05, 4.69) is 89.5 Å². The number of para-hydroxylation sites is 1. The van der Waals surface area contributed by atoms with Crippen molar-refractivity contribution in [1.82, 2.24) is 25.2 Å². The van der Waals surface area contributed by atoms with Crippen molar-refractivity contribution in [3.05, 3.63) is 80.9 Å². The summed E-state index contributed by atoms with van der Waals surface area (Å²) in [6.07, 6.45) is 2.03. The summed E-state index contributed by atoms with van der Waals surface area (Å²) in [5, 5.41) is 13.8. The molecule has 0 radical (unpaired) electrons. The molecule has 1 unspecified atom stereocenters. The van der Waals surface area contributed by atoms with Crippen molar-refractivity contribution < 1.29 is 0 Å². The average Bonchev–Trinajstić information content (AvgIpc) is 3.25. The molecule has 1 atom stereocenters. The normalized spacial score (nSPS) is 15.0.